The van der Waals surface area contributed by atoms with E-state index in [0.29, 0.717) is 33.8 Å². The van der Waals surface area contributed by atoms with Crippen LogP contribution in [0.3, 0.4) is 0 Å². The van der Waals surface area contributed by atoms with Gasteiger partial charge in [-0.15, -0.1) is 11.3 Å². The Morgan fingerprint density at radius 3 is 2.65 bits per heavy atom. The molecule has 4 rings (SSSR count). The monoisotopic (exact) mass is 471 g/mol. The molecule has 0 aliphatic heterocycles. The molecular weight excluding hydrogens is 453 g/mol. The molecule has 31 heavy (non-hydrogen) atoms. The fourth-order valence-corrected chi connectivity index (χ4v) is 4.48. The molecule has 0 spiro atoms. The molecule has 2 heterocycles. The van der Waals surface area contributed by atoms with Gasteiger partial charge in [0, 0.05) is 28.1 Å². The van der Waals surface area contributed by atoms with Gasteiger partial charge in [0.05, 0.1) is 17.3 Å². The first-order chi connectivity index (χ1) is 15.0. The van der Waals surface area contributed by atoms with Crippen molar-refractivity contribution >= 4 is 45.6 Å². The average Bonchev–Trinajstić information content (AvgIpc) is 3.44. The van der Waals surface area contributed by atoms with Gasteiger partial charge in [0.1, 0.15) is 12.7 Å². The van der Waals surface area contributed by atoms with Gasteiger partial charge in [-0.25, -0.2) is 14.6 Å². The van der Waals surface area contributed by atoms with Crippen molar-refractivity contribution < 1.29 is 4.79 Å². The molecule has 0 atom stereocenters. The number of hydrogen-bond donors (Lipinski definition) is 0. The first kappa shape index (κ1) is 21.5. The minimum absolute atomic E-state index is 0.0859. The summed E-state index contributed by atoms with van der Waals surface area (Å²) in [5, 5.41) is 7.75. The predicted octanol–water partition coefficient (Wildman–Crippen LogP) is 5.81. The zero-order valence-electron chi connectivity index (χ0n) is 16.7. The Kier molecular flexibility index (Phi) is 6.65. The van der Waals surface area contributed by atoms with Gasteiger partial charge in [0.2, 0.25) is 0 Å². The zero-order chi connectivity index (χ0) is 21.8. The van der Waals surface area contributed by atoms with E-state index in [2.05, 4.69) is 15.1 Å². The van der Waals surface area contributed by atoms with Gasteiger partial charge >= 0.3 is 0 Å². The van der Waals surface area contributed by atoms with Crippen molar-refractivity contribution in [3.05, 3.63) is 81.7 Å². The number of nitrogens with zero attached hydrogens (tertiary/aromatic N) is 5. The number of carbonyl (C=O) groups excluding carboxylic acids is 1. The minimum atomic E-state index is -0.0859. The van der Waals surface area contributed by atoms with Gasteiger partial charge in [-0.1, -0.05) is 42.3 Å². The maximum Gasteiger partial charge on any atom is 0.260 e. The van der Waals surface area contributed by atoms with Crippen molar-refractivity contribution in [2.24, 2.45) is 0 Å². The van der Waals surface area contributed by atoms with Crippen LogP contribution in [-0.2, 0) is 6.54 Å². The summed E-state index contributed by atoms with van der Waals surface area (Å²) in [6, 6.07) is 12.8. The molecule has 4 aromatic rings. The van der Waals surface area contributed by atoms with Crippen LogP contribution in [0.25, 0.3) is 11.3 Å². The summed E-state index contributed by atoms with van der Waals surface area (Å²) in [5.41, 5.74) is 3.16. The molecular formula is C22H19Cl2N5OS. The topological polar surface area (TPSA) is 63.9 Å². The molecule has 2 aromatic heterocycles. The molecule has 0 saturated carbocycles. The Morgan fingerprint density at radius 2 is 1.97 bits per heavy atom. The third-order valence-corrected chi connectivity index (χ3v) is 6.05. The third kappa shape index (κ3) is 4.95. The van der Waals surface area contributed by atoms with E-state index < -0.39 is 0 Å². The summed E-state index contributed by atoms with van der Waals surface area (Å²) in [5.74, 6) is -0.0859. The molecule has 9 heteroatoms. The van der Waals surface area contributed by atoms with Gasteiger partial charge in [0.25, 0.3) is 5.91 Å². The quantitative estimate of drug-likeness (QED) is 0.340. The van der Waals surface area contributed by atoms with Gasteiger partial charge in [-0.3, -0.25) is 9.69 Å². The maximum absolute atomic E-state index is 13.2. The van der Waals surface area contributed by atoms with E-state index in [9.17, 15) is 4.79 Å². The number of carbonyl (C=O) groups is 1. The van der Waals surface area contributed by atoms with Crippen LogP contribution in [0.1, 0.15) is 29.3 Å². The lowest BCUT2D eigenvalue weighted by Gasteiger charge is -2.19. The van der Waals surface area contributed by atoms with Crippen LogP contribution < -0.4 is 4.90 Å². The summed E-state index contributed by atoms with van der Waals surface area (Å²) < 4.78 is 1.74. The van der Waals surface area contributed by atoms with E-state index in [0.717, 1.165) is 23.2 Å². The number of amides is 1. The highest BCUT2D eigenvalue weighted by Gasteiger charge is 2.21. The summed E-state index contributed by atoms with van der Waals surface area (Å²) in [6.07, 6.45) is 3.97. The summed E-state index contributed by atoms with van der Waals surface area (Å²) in [4.78, 5) is 23.6. The van der Waals surface area contributed by atoms with Crippen LogP contribution in [0.15, 0.2) is 60.5 Å². The number of anilines is 1. The molecule has 0 radical (unpaired) electrons. The number of benzene rings is 2. The van der Waals surface area contributed by atoms with Crippen molar-refractivity contribution in [1.29, 1.82) is 0 Å². The highest BCUT2D eigenvalue weighted by Crippen LogP contribution is 2.34. The molecule has 0 bridgehead atoms. The van der Waals surface area contributed by atoms with Crippen LogP contribution in [0.5, 0.6) is 0 Å². The van der Waals surface area contributed by atoms with E-state index in [1.54, 1.807) is 28.0 Å². The van der Waals surface area contributed by atoms with Crippen LogP contribution in [0.2, 0.25) is 10.0 Å². The van der Waals surface area contributed by atoms with Crippen molar-refractivity contribution in [3.8, 4) is 11.3 Å². The van der Waals surface area contributed by atoms with Gasteiger partial charge in [-0.05, 0) is 42.3 Å². The highest BCUT2D eigenvalue weighted by atomic mass is 35.5. The Labute approximate surface area is 194 Å². The van der Waals surface area contributed by atoms with E-state index in [4.69, 9.17) is 23.2 Å². The molecule has 158 valence electrons. The molecule has 0 aliphatic carbocycles. The molecule has 6 nitrogen and oxygen atoms in total. The fraction of sp³-hybridized carbons (Fsp3) is 0.182. The lowest BCUT2D eigenvalue weighted by molar-refractivity contribution is 0.0987. The van der Waals surface area contributed by atoms with Crippen LogP contribution >= 0.6 is 34.5 Å². The van der Waals surface area contributed by atoms with Crippen molar-refractivity contribution in [3.63, 3.8) is 0 Å². The molecule has 0 fully saturated rings. The Hall–Kier alpha value is -2.74. The van der Waals surface area contributed by atoms with Crippen LogP contribution in [0, 0.1) is 0 Å². The first-order valence-electron chi connectivity index (χ1n) is 9.69. The van der Waals surface area contributed by atoms with E-state index in [-0.39, 0.29) is 5.91 Å². The Balaban J connectivity index is 1.56. The molecule has 1 amide bonds. The van der Waals surface area contributed by atoms with E-state index in [1.165, 1.54) is 17.7 Å². The number of rotatable bonds is 7. The molecule has 0 N–H and O–H groups in total. The second-order valence-electron chi connectivity index (χ2n) is 6.89. The third-order valence-electron chi connectivity index (χ3n) is 4.63. The standard InChI is InChI=1S/C22H19Cl2N5OS/c1-2-9-29(22-27-20(12-31-22)18-8-7-17(23)10-19(18)24)21(30)16-5-3-15(4-6-16)11-28-14-25-13-26-28/h3-8,10,12-14H,2,9,11H2,1H3. The normalized spacial score (nSPS) is 10.9. The van der Waals surface area contributed by atoms with Gasteiger partial charge < -0.3 is 0 Å². The Morgan fingerprint density at radius 1 is 1.16 bits per heavy atom. The maximum atomic E-state index is 13.2. The molecule has 2 aromatic carbocycles. The largest absolute Gasteiger partial charge is 0.284 e. The van der Waals surface area contributed by atoms with Crippen LogP contribution in [-0.4, -0.2) is 32.2 Å². The fourth-order valence-electron chi connectivity index (χ4n) is 3.13. The van der Waals surface area contributed by atoms with Crippen molar-refractivity contribution in [2.75, 3.05) is 11.4 Å². The first-order valence-corrected chi connectivity index (χ1v) is 11.3. The number of halogens is 2. The SMILES string of the molecule is CCCN(C(=O)c1ccc(Cn2cncn2)cc1)c1nc(-c2ccc(Cl)cc2Cl)cs1. The minimum Gasteiger partial charge on any atom is -0.284 e. The van der Waals surface area contributed by atoms with E-state index >= 15 is 0 Å². The lowest BCUT2D eigenvalue weighted by atomic mass is 10.1. The Bertz CT molecular complexity index is 1180. The highest BCUT2D eigenvalue weighted by molar-refractivity contribution is 7.14. The number of thiazole rings is 1. The smallest absolute Gasteiger partial charge is 0.260 e. The number of hydrogen-bond acceptors (Lipinski definition) is 5. The summed E-state index contributed by atoms with van der Waals surface area (Å²) in [7, 11) is 0. The summed E-state index contributed by atoms with van der Waals surface area (Å²) in [6.45, 7) is 3.21. The number of aromatic nitrogens is 4. The van der Waals surface area contributed by atoms with Crippen LogP contribution in [0.4, 0.5) is 5.13 Å². The predicted molar refractivity (Wildman–Crippen MR) is 125 cm³/mol. The molecule has 0 aliphatic rings. The molecule has 0 saturated heterocycles. The van der Waals surface area contributed by atoms with Gasteiger partial charge in [-0.2, -0.15) is 5.10 Å². The lowest BCUT2D eigenvalue weighted by Crippen LogP contribution is -2.31. The second kappa shape index (κ2) is 9.60. The summed E-state index contributed by atoms with van der Waals surface area (Å²) >= 11 is 13.7. The van der Waals surface area contributed by atoms with Crippen molar-refractivity contribution in [1.82, 2.24) is 19.7 Å². The second-order valence-corrected chi connectivity index (χ2v) is 8.57. The molecule has 0 unspecified atom stereocenters. The van der Waals surface area contributed by atoms with Gasteiger partial charge in [0.15, 0.2) is 5.13 Å². The average molecular weight is 472 g/mol. The van der Waals surface area contributed by atoms with Crippen molar-refractivity contribution in [2.45, 2.75) is 19.9 Å². The van der Waals surface area contributed by atoms with E-state index in [1.807, 2.05) is 42.6 Å². The zero-order valence-corrected chi connectivity index (χ0v) is 19.0.